The van der Waals surface area contributed by atoms with E-state index in [0.717, 1.165) is 12.0 Å². The van der Waals surface area contributed by atoms with Crippen LogP contribution in [0.25, 0.3) is 0 Å². The second-order valence-corrected chi connectivity index (χ2v) is 4.11. The molecule has 0 spiro atoms. The van der Waals surface area contributed by atoms with Crippen molar-refractivity contribution in [1.29, 1.82) is 0 Å². The molecule has 0 fully saturated rings. The van der Waals surface area contributed by atoms with E-state index in [9.17, 15) is 4.79 Å². The Bertz CT molecular complexity index is 410. The van der Waals surface area contributed by atoms with E-state index in [1.807, 2.05) is 13.8 Å². The molecule has 1 heterocycles. The summed E-state index contributed by atoms with van der Waals surface area (Å²) in [5, 5.41) is 11.9. The molecule has 1 aromatic heterocycles. The molecule has 2 N–H and O–H groups in total. The van der Waals surface area contributed by atoms with Gasteiger partial charge >= 0.3 is 5.97 Å². The Hall–Kier alpha value is -1.85. The van der Waals surface area contributed by atoms with Crippen molar-refractivity contribution in [2.24, 2.45) is 5.92 Å². The number of carbonyl (C=O) groups is 1. The lowest BCUT2D eigenvalue weighted by atomic mass is 10.0. The summed E-state index contributed by atoms with van der Waals surface area (Å²) >= 11 is 0. The Labute approximate surface area is 106 Å². The smallest absolute Gasteiger partial charge is 0.303 e. The van der Waals surface area contributed by atoms with Crippen LogP contribution in [0.1, 0.15) is 25.3 Å². The summed E-state index contributed by atoms with van der Waals surface area (Å²) in [6.07, 6.45) is 2.39. The lowest BCUT2D eigenvalue weighted by molar-refractivity contribution is -0.138. The third-order valence-corrected chi connectivity index (χ3v) is 2.83. The highest BCUT2D eigenvalue weighted by atomic mass is 16.5. The van der Waals surface area contributed by atoms with Crippen LogP contribution in [0.2, 0.25) is 0 Å². The Morgan fingerprint density at radius 2 is 2.28 bits per heavy atom. The van der Waals surface area contributed by atoms with Crippen LogP contribution in [-0.2, 0) is 4.79 Å². The quantitative estimate of drug-likeness (QED) is 0.769. The molecule has 1 atom stereocenters. The Morgan fingerprint density at radius 3 is 2.83 bits per heavy atom. The van der Waals surface area contributed by atoms with Crippen LogP contribution in [-0.4, -0.2) is 34.7 Å². The maximum absolute atomic E-state index is 10.7. The van der Waals surface area contributed by atoms with Gasteiger partial charge in [0.15, 0.2) is 0 Å². The van der Waals surface area contributed by atoms with Crippen molar-refractivity contribution in [2.75, 3.05) is 19.0 Å². The van der Waals surface area contributed by atoms with Gasteiger partial charge in [-0.2, -0.15) is 0 Å². The molecule has 0 bridgehead atoms. The largest absolute Gasteiger partial charge is 0.481 e. The van der Waals surface area contributed by atoms with Crippen molar-refractivity contribution in [3.8, 4) is 5.88 Å². The number of methoxy groups -OCH3 is 1. The number of carboxylic acids is 1. The first-order chi connectivity index (χ1) is 8.58. The maximum atomic E-state index is 10.7. The topological polar surface area (TPSA) is 84.3 Å². The highest BCUT2D eigenvalue weighted by molar-refractivity contribution is 5.67. The third kappa shape index (κ3) is 3.87. The van der Waals surface area contributed by atoms with Gasteiger partial charge in [-0.05, 0) is 12.8 Å². The molecule has 1 aromatic rings. The number of aliphatic carboxylic acids is 1. The standard InChI is InChI=1S/C12H19N3O3/c1-4-9(5-10(16)17)6-13-11-8(2)12(18-3)15-7-14-11/h7,9H,4-6H2,1-3H3,(H,16,17)(H,13,14,15). The second-order valence-electron chi connectivity index (χ2n) is 4.11. The fourth-order valence-electron chi connectivity index (χ4n) is 1.67. The first-order valence-corrected chi connectivity index (χ1v) is 5.89. The van der Waals surface area contributed by atoms with Gasteiger partial charge < -0.3 is 15.2 Å². The van der Waals surface area contributed by atoms with Crippen molar-refractivity contribution < 1.29 is 14.6 Å². The van der Waals surface area contributed by atoms with Gasteiger partial charge in [-0.1, -0.05) is 13.3 Å². The molecular weight excluding hydrogens is 234 g/mol. The van der Waals surface area contributed by atoms with Crippen LogP contribution >= 0.6 is 0 Å². The summed E-state index contributed by atoms with van der Waals surface area (Å²) in [7, 11) is 1.55. The molecule has 1 rings (SSSR count). The van der Waals surface area contributed by atoms with Crippen LogP contribution in [0.5, 0.6) is 5.88 Å². The van der Waals surface area contributed by atoms with Gasteiger partial charge in [0.05, 0.1) is 12.7 Å². The molecule has 0 radical (unpaired) electrons. The van der Waals surface area contributed by atoms with Crippen LogP contribution in [0, 0.1) is 12.8 Å². The van der Waals surface area contributed by atoms with E-state index in [0.29, 0.717) is 18.2 Å². The van der Waals surface area contributed by atoms with E-state index in [1.54, 1.807) is 7.11 Å². The third-order valence-electron chi connectivity index (χ3n) is 2.83. The minimum atomic E-state index is -0.777. The molecule has 0 aliphatic rings. The lowest BCUT2D eigenvalue weighted by Crippen LogP contribution is -2.18. The van der Waals surface area contributed by atoms with Crippen molar-refractivity contribution in [3.63, 3.8) is 0 Å². The Kier molecular flexibility index (Phi) is 5.35. The molecule has 0 saturated carbocycles. The van der Waals surface area contributed by atoms with E-state index in [2.05, 4.69) is 15.3 Å². The highest BCUT2D eigenvalue weighted by Gasteiger charge is 2.13. The number of nitrogens with one attached hydrogen (secondary N) is 1. The molecule has 6 nitrogen and oxygen atoms in total. The van der Waals surface area contributed by atoms with Gasteiger partial charge in [0.1, 0.15) is 12.1 Å². The number of anilines is 1. The minimum Gasteiger partial charge on any atom is -0.481 e. The average Bonchev–Trinajstić information content (AvgIpc) is 2.35. The number of hydrogen-bond acceptors (Lipinski definition) is 5. The van der Waals surface area contributed by atoms with Crippen LogP contribution in [0.15, 0.2) is 6.33 Å². The minimum absolute atomic E-state index is 0.0860. The zero-order valence-electron chi connectivity index (χ0n) is 10.9. The number of rotatable bonds is 7. The first kappa shape index (κ1) is 14.2. The number of nitrogens with zero attached hydrogens (tertiary/aromatic N) is 2. The Morgan fingerprint density at radius 1 is 1.56 bits per heavy atom. The van der Waals surface area contributed by atoms with Gasteiger partial charge in [-0.25, -0.2) is 9.97 Å². The highest BCUT2D eigenvalue weighted by Crippen LogP contribution is 2.20. The van der Waals surface area contributed by atoms with Crippen LogP contribution < -0.4 is 10.1 Å². The van der Waals surface area contributed by atoms with Crippen LogP contribution in [0.3, 0.4) is 0 Å². The molecule has 0 aromatic carbocycles. The summed E-state index contributed by atoms with van der Waals surface area (Å²) in [5.41, 5.74) is 0.824. The predicted molar refractivity (Wildman–Crippen MR) is 67.8 cm³/mol. The van der Waals surface area contributed by atoms with Gasteiger partial charge in [-0.3, -0.25) is 4.79 Å². The van der Waals surface area contributed by atoms with Gasteiger partial charge in [0.2, 0.25) is 5.88 Å². The van der Waals surface area contributed by atoms with E-state index in [-0.39, 0.29) is 12.3 Å². The molecular formula is C12H19N3O3. The van der Waals surface area contributed by atoms with E-state index >= 15 is 0 Å². The van der Waals surface area contributed by atoms with Gasteiger partial charge in [0.25, 0.3) is 0 Å². The summed E-state index contributed by atoms with van der Waals surface area (Å²) in [5.74, 6) is 0.521. The average molecular weight is 253 g/mol. The number of carboxylic acid groups (broad SMARTS) is 1. The molecule has 100 valence electrons. The van der Waals surface area contributed by atoms with Crippen molar-refractivity contribution >= 4 is 11.8 Å². The monoisotopic (exact) mass is 253 g/mol. The molecule has 18 heavy (non-hydrogen) atoms. The number of aromatic nitrogens is 2. The van der Waals surface area contributed by atoms with Gasteiger partial charge in [-0.15, -0.1) is 0 Å². The van der Waals surface area contributed by atoms with Crippen molar-refractivity contribution in [2.45, 2.75) is 26.7 Å². The van der Waals surface area contributed by atoms with E-state index in [1.165, 1.54) is 6.33 Å². The number of ether oxygens (including phenoxy) is 1. The zero-order chi connectivity index (χ0) is 13.5. The zero-order valence-corrected chi connectivity index (χ0v) is 10.9. The predicted octanol–water partition coefficient (Wildman–Crippen LogP) is 1.71. The number of hydrogen-bond donors (Lipinski definition) is 2. The molecule has 1 unspecified atom stereocenters. The first-order valence-electron chi connectivity index (χ1n) is 5.89. The molecule has 0 aliphatic carbocycles. The molecule has 0 amide bonds. The summed E-state index contributed by atoms with van der Waals surface area (Å²) < 4.78 is 5.10. The van der Waals surface area contributed by atoms with Crippen LogP contribution in [0.4, 0.5) is 5.82 Å². The van der Waals surface area contributed by atoms with Crippen molar-refractivity contribution in [3.05, 3.63) is 11.9 Å². The van der Waals surface area contributed by atoms with Crippen molar-refractivity contribution in [1.82, 2.24) is 9.97 Å². The summed E-state index contributed by atoms with van der Waals surface area (Å²) in [4.78, 5) is 18.8. The molecule has 0 aliphatic heterocycles. The lowest BCUT2D eigenvalue weighted by Gasteiger charge is -2.15. The second kappa shape index (κ2) is 6.78. The van der Waals surface area contributed by atoms with E-state index < -0.39 is 5.97 Å². The fraction of sp³-hybridized carbons (Fsp3) is 0.583. The maximum Gasteiger partial charge on any atom is 0.303 e. The fourth-order valence-corrected chi connectivity index (χ4v) is 1.67. The molecule has 6 heteroatoms. The SMILES string of the molecule is CCC(CNc1ncnc(OC)c1C)CC(=O)O. The summed E-state index contributed by atoms with van der Waals surface area (Å²) in [6.45, 7) is 4.41. The molecule has 0 saturated heterocycles. The summed E-state index contributed by atoms with van der Waals surface area (Å²) in [6, 6.07) is 0. The normalized spacial score (nSPS) is 11.9. The van der Waals surface area contributed by atoms with Gasteiger partial charge in [0, 0.05) is 13.0 Å². The Balaban J connectivity index is 2.64. The van der Waals surface area contributed by atoms with E-state index in [4.69, 9.17) is 9.84 Å².